The van der Waals surface area contributed by atoms with Gasteiger partial charge in [0.25, 0.3) is 5.91 Å². The highest BCUT2D eigenvalue weighted by atomic mass is 16.5. The van der Waals surface area contributed by atoms with Gasteiger partial charge in [-0.05, 0) is 28.6 Å². The molecule has 27 heavy (non-hydrogen) atoms. The lowest BCUT2D eigenvalue weighted by molar-refractivity contribution is -0.148. The van der Waals surface area contributed by atoms with Crippen molar-refractivity contribution in [3.8, 4) is 0 Å². The third-order valence-electron chi connectivity index (χ3n) is 3.11. The molecule has 0 unspecified atom stereocenters. The summed E-state index contributed by atoms with van der Waals surface area (Å²) in [6, 6.07) is 3.87. The van der Waals surface area contributed by atoms with E-state index in [-0.39, 0.29) is 23.4 Å². The Hall–Kier alpha value is -3.83. The van der Waals surface area contributed by atoms with Crippen molar-refractivity contribution >= 4 is 29.5 Å². The van der Waals surface area contributed by atoms with Crippen LogP contribution in [0.3, 0.4) is 0 Å². The zero-order chi connectivity index (χ0) is 19.8. The average molecular weight is 377 g/mol. The minimum atomic E-state index is -0.726. The van der Waals surface area contributed by atoms with E-state index in [1.165, 1.54) is 38.7 Å². The van der Waals surface area contributed by atoms with Gasteiger partial charge in [0, 0.05) is 5.69 Å². The summed E-state index contributed by atoms with van der Waals surface area (Å²) in [6.45, 7) is -0.846. The van der Waals surface area contributed by atoms with Crippen LogP contribution in [0, 0.1) is 0 Å². The maximum Gasteiger partial charge on any atom is 0.337 e. The van der Waals surface area contributed by atoms with Crippen LogP contribution >= 0.6 is 0 Å². The normalized spacial score (nSPS) is 10.0. The zero-order valence-electron chi connectivity index (χ0n) is 14.4. The molecule has 0 aliphatic carbocycles. The van der Waals surface area contributed by atoms with Crippen molar-refractivity contribution in [1.29, 1.82) is 0 Å². The number of hydrogen-bond acceptors (Lipinski definition) is 10. The first kappa shape index (κ1) is 19.5. The van der Waals surface area contributed by atoms with Crippen molar-refractivity contribution in [2.24, 2.45) is 0 Å². The molecule has 0 fully saturated rings. The van der Waals surface area contributed by atoms with E-state index in [1.807, 2.05) is 0 Å². The molecule has 0 spiro atoms. The minimum Gasteiger partial charge on any atom is -0.465 e. The molecule has 0 radical (unpaired) electrons. The Kier molecular flexibility index (Phi) is 6.52. The number of aromatic nitrogens is 4. The van der Waals surface area contributed by atoms with E-state index in [0.29, 0.717) is 0 Å². The minimum absolute atomic E-state index is 0.0337. The second-order valence-electron chi connectivity index (χ2n) is 5.00. The second-order valence-corrected chi connectivity index (χ2v) is 5.00. The van der Waals surface area contributed by atoms with E-state index in [0.717, 1.165) is 4.68 Å². The van der Waals surface area contributed by atoms with Crippen molar-refractivity contribution in [3.63, 3.8) is 0 Å². The van der Waals surface area contributed by atoms with Crippen LogP contribution in [-0.4, -0.2) is 64.8 Å². The number of benzene rings is 1. The summed E-state index contributed by atoms with van der Waals surface area (Å²) in [7, 11) is 2.35. The van der Waals surface area contributed by atoms with Gasteiger partial charge in [-0.2, -0.15) is 0 Å². The van der Waals surface area contributed by atoms with Gasteiger partial charge in [-0.15, -0.1) is 5.10 Å². The fraction of sp³-hybridized carbons (Fsp3) is 0.267. The van der Waals surface area contributed by atoms with Crippen LogP contribution in [-0.2, 0) is 30.3 Å². The molecule has 0 bridgehead atoms. The van der Waals surface area contributed by atoms with Crippen molar-refractivity contribution in [2.45, 2.75) is 6.54 Å². The second kappa shape index (κ2) is 9.03. The zero-order valence-corrected chi connectivity index (χ0v) is 14.4. The summed E-state index contributed by atoms with van der Waals surface area (Å²) in [6.07, 6.45) is 1.22. The predicted octanol–water partition coefficient (Wildman–Crippen LogP) is -0.572. The fourth-order valence-electron chi connectivity index (χ4n) is 1.94. The van der Waals surface area contributed by atoms with Gasteiger partial charge in [0.2, 0.25) is 0 Å². The van der Waals surface area contributed by atoms with E-state index in [9.17, 15) is 19.2 Å². The Balaban J connectivity index is 2.01. The highest BCUT2D eigenvalue weighted by Gasteiger charge is 2.16. The SMILES string of the molecule is COC(=O)c1cc(NC(=O)COC(=O)Cn2cnnn2)cc(C(=O)OC)c1. The molecule has 0 aliphatic rings. The molecule has 12 nitrogen and oxygen atoms in total. The molecule has 1 aromatic carbocycles. The lowest BCUT2D eigenvalue weighted by Crippen LogP contribution is -2.23. The quantitative estimate of drug-likeness (QED) is 0.490. The molecule has 1 amide bonds. The van der Waals surface area contributed by atoms with E-state index in [4.69, 9.17) is 4.74 Å². The molecule has 0 saturated heterocycles. The summed E-state index contributed by atoms with van der Waals surface area (Å²) >= 11 is 0. The number of anilines is 1. The number of methoxy groups -OCH3 is 2. The summed E-state index contributed by atoms with van der Waals surface area (Å²) in [5.74, 6) is -2.82. The highest BCUT2D eigenvalue weighted by molar-refractivity contribution is 5.99. The molecule has 1 heterocycles. The van der Waals surface area contributed by atoms with Gasteiger partial charge >= 0.3 is 17.9 Å². The third kappa shape index (κ3) is 5.59. The van der Waals surface area contributed by atoms with Gasteiger partial charge in [-0.3, -0.25) is 9.59 Å². The first-order valence-corrected chi connectivity index (χ1v) is 7.41. The van der Waals surface area contributed by atoms with Crippen molar-refractivity contribution in [2.75, 3.05) is 26.1 Å². The van der Waals surface area contributed by atoms with Gasteiger partial charge in [-0.25, -0.2) is 14.3 Å². The number of hydrogen-bond donors (Lipinski definition) is 1. The maximum atomic E-state index is 12.0. The largest absolute Gasteiger partial charge is 0.465 e. The molecule has 0 saturated carbocycles. The Bertz CT molecular complexity index is 816. The molecule has 142 valence electrons. The molecule has 1 N–H and O–H groups in total. The van der Waals surface area contributed by atoms with E-state index >= 15 is 0 Å². The van der Waals surface area contributed by atoms with Crippen LogP contribution < -0.4 is 5.32 Å². The number of carbonyl (C=O) groups is 4. The fourth-order valence-corrected chi connectivity index (χ4v) is 1.94. The van der Waals surface area contributed by atoms with Crippen LogP contribution in [0.25, 0.3) is 0 Å². The predicted molar refractivity (Wildman–Crippen MR) is 86.5 cm³/mol. The summed E-state index contributed by atoms with van der Waals surface area (Å²) in [5.41, 5.74) is 0.192. The lowest BCUT2D eigenvalue weighted by atomic mass is 10.1. The van der Waals surface area contributed by atoms with E-state index < -0.39 is 30.4 Å². The standard InChI is InChI=1S/C15H15N5O7/c1-25-14(23)9-3-10(15(24)26-2)5-11(4-9)17-12(21)7-27-13(22)6-20-8-16-18-19-20/h3-5,8H,6-7H2,1-2H3,(H,17,21). The maximum absolute atomic E-state index is 12.0. The third-order valence-corrected chi connectivity index (χ3v) is 3.11. The van der Waals surface area contributed by atoms with Crippen LogP contribution in [0.1, 0.15) is 20.7 Å². The molecular formula is C15H15N5O7. The molecule has 1 aromatic heterocycles. The molecule has 0 atom stereocenters. The van der Waals surface area contributed by atoms with Crippen LogP contribution in [0.15, 0.2) is 24.5 Å². The molecule has 0 aliphatic heterocycles. The number of rotatable bonds is 7. The monoisotopic (exact) mass is 377 g/mol. The van der Waals surface area contributed by atoms with Gasteiger partial charge < -0.3 is 19.5 Å². The first-order valence-electron chi connectivity index (χ1n) is 7.41. The van der Waals surface area contributed by atoms with Crippen LogP contribution in [0.4, 0.5) is 5.69 Å². The van der Waals surface area contributed by atoms with Crippen molar-refractivity contribution in [3.05, 3.63) is 35.7 Å². The highest BCUT2D eigenvalue weighted by Crippen LogP contribution is 2.17. The number of ether oxygens (including phenoxy) is 3. The van der Waals surface area contributed by atoms with Crippen LogP contribution in [0.2, 0.25) is 0 Å². The molecule has 12 heteroatoms. The Morgan fingerprint density at radius 2 is 1.67 bits per heavy atom. The summed E-state index contributed by atoms with van der Waals surface area (Å²) < 4.78 is 15.1. The topological polar surface area (TPSA) is 152 Å². The lowest BCUT2D eigenvalue weighted by Gasteiger charge is -2.10. The molecule has 2 rings (SSSR count). The van der Waals surface area contributed by atoms with Gasteiger partial charge in [0.15, 0.2) is 6.61 Å². The Labute approximate surface area is 152 Å². The smallest absolute Gasteiger partial charge is 0.337 e. The van der Waals surface area contributed by atoms with E-state index in [2.05, 4.69) is 30.3 Å². The van der Waals surface area contributed by atoms with Crippen molar-refractivity contribution in [1.82, 2.24) is 20.2 Å². The van der Waals surface area contributed by atoms with Gasteiger partial charge in [0.1, 0.15) is 12.9 Å². The number of nitrogens with one attached hydrogen (secondary N) is 1. The van der Waals surface area contributed by atoms with Gasteiger partial charge in [-0.1, -0.05) is 0 Å². The Morgan fingerprint density at radius 1 is 1.04 bits per heavy atom. The number of tetrazole rings is 1. The molecule has 2 aromatic rings. The number of esters is 3. The number of carbonyl (C=O) groups excluding carboxylic acids is 4. The van der Waals surface area contributed by atoms with Gasteiger partial charge in [0.05, 0.1) is 25.3 Å². The average Bonchev–Trinajstić information content (AvgIpc) is 3.17. The summed E-state index contributed by atoms with van der Waals surface area (Å²) in [5, 5.41) is 12.6. The first-order chi connectivity index (χ1) is 12.9. The molecular weight excluding hydrogens is 362 g/mol. The van der Waals surface area contributed by atoms with Crippen molar-refractivity contribution < 1.29 is 33.4 Å². The Morgan fingerprint density at radius 3 is 2.19 bits per heavy atom. The number of amides is 1. The summed E-state index contributed by atoms with van der Waals surface area (Å²) in [4.78, 5) is 47.0. The van der Waals surface area contributed by atoms with E-state index in [1.54, 1.807) is 0 Å². The van der Waals surface area contributed by atoms with Crippen LogP contribution in [0.5, 0.6) is 0 Å². The number of nitrogens with zero attached hydrogens (tertiary/aromatic N) is 4.